The van der Waals surface area contributed by atoms with Gasteiger partial charge in [-0.05, 0) is 0 Å². The molecule has 8 heteroatoms. The molecule has 2 atom stereocenters. The van der Waals surface area contributed by atoms with Gasteiger partial charge in [-0.2, -0.15) is 0 Å². The zero-order valence-electron chi connectivity index (χ0n) is 11.0. The Morgan fingerprint density at radius 1 is 0.889 bits per heavy atom. The van der Waals surface area contributed by atoms with Crippen molar-refractivity contribution in [1.82, 2.24) is 19.6 Å². The normalized spacial score (nSPS) is 27.6. The van der Waals surface area contributed by atoms with Crippen LogP contribution < -0.4 is 0 Å². The zero-order valence-corrected chi connectivity index (χ0v) is 11.0. The van der Waals surface area contributed by atoms with Crippen LogP contribution in [0.4, 0.5) is 9.59 Å². The van der Waals surface area contributed by atoms with Crippen molar-refractivity contribution in [1.29, 1.82) is 0 Å². The molecule has 0 spiro atoms. The molecule has 0 aromatic carbocycles. The van der Waals surface area contributed by atoms with E-state index in [-0.39, 0.29) is 37.9 Å². The van der Waals surface area contributed by atoms with Crippen molar-refractivity contribution >= 4 is 12.1 Å². The number of likely N-dealkylation sites (N-methyl/N-ethyl adjacent to an activating group) is 2. The van der Waals surface area contributed by atoms with E-state index >= 15 is 0 Å². The Morgan fingerprint density at radius 2 is 1.22 bits per heavy atom. The standard InChI is InChI=1S/C10H18N4O4/c1-11-7-8(14(6-18-4)9(11)15)12(2)10(16)13(7)5-17-3/h7-8H,5-6H2,1-4H3. The summed E-state index contributed by atoms with van der Waals surface area (Å²) in [5.41, 5.74) is 0. The molecular formula is C10H18N4O4. The number of carbonyl (C=O) groups excluding carboxylic acids is 2. The third kappa shape index (κ3) is 1.60. The van der Waals surface area contributed by atoms with Gasteiger partial charge in [0.1, 0.15) is 13.5 Å². The summed E-state index contributed by atoms with van der Waals surface area (Å²) in [6.45, 7) is 0.311. The highest BCUT2D eigenvalue weighted by Crippen LogP contribution is 2.32. The number of fused-ring (bicyclic) bond motifs is 1. The molecule has 8 nitrogen and oxygen atoms in total. The summed E-state index contributed by atoms with van der Waals surface area (Å²) in [5.74, 6) is 0. The summed E-state index contributed by atoms with van der Waals surface area (Å²) in [6.07, 6.45) is -0.685. The maximum atomic E-state index is 12.1. The van der Waals surface area contributed by atoms with Gasteiger partial charge in [0.25, 0.3) is 0 Å². The Kier molecular flexibility index (Phi) is 3.31. The largest absolute Gasteiger partial charge is 0.364 e. The van der Waals surface area contributed by atoms with Crippen LogP contribution in [0.25, 0.3) is 0 Å². The average molecular weight is 258 g/mol. The molecule has 0 saturated carbocycles. The number of ether oxygens (including phenoxy) is 2. The molecule has 2 rings (SSSR count). The predicted molar refractivity (Wildman–Crippen MR) is 61.3 cm³/mol. The molecule has 0 aromatic rings. The van der Waals surface area contributed by atoms with Gasteiger partial charge in [-0.1, -0.05) is 0 Å². The van der Waals surface area contributed by atoms with Gasteiger partial charge in [-0.25, -0.2) is 9.59 Å². The van der Waals surface area contributed by atoms with Crippen molar-refractivity contribution in [2.75, 3.05) is 41.8 Å². The van der Waals surface area contributed by atoms with Crippen molar-refractivity contribution in [3.63, 3.8) is 0 Å². The minimum Gasteiger partial charge on any atom is -0.364 e. The maximum absolute atomic E-state index is 12.1. The number of urea groups is 2. The van der Waals surface area contributed by atoms with Crippen LogP contribution in [0, 0.1) is 0 Å². The van der Waals surface area contributed by atoms with E-state index < -0.39 is 0 Å². The first-order chi connectivity index (χ1) is 8.54. The maximum Gasteiger partial charge on any atom is 0.325 e. The number of amides is 4. The molecule has 4 amide bonds. The summed E-state index contributed by atoms with van der Waals surface area (Å²) in [4.78, 5) is 30.3. The summed E-state index contributed by atoms with van der Waals surface area (Å²) in [7, 11) is 6.38. The fourth-order valence-corrected chi connectivity index (χ4v) is 2.54. The van der Waals surface area contributed by atoms with Gasteiger partial charge in [-0.15, -0.1) is 0 Å². The Morgan fingerprint density at radius 3 is 1.50 bits per heavy atom. The van der Waals surface area contributed by atoms with Gasteiger partial charge in [0, 0.05) is 28.3 Å². The highest BCUT2D eigenvalue weighted by atomic mass is 16.5. The molecule has 0 aromatic heterocycles. The van der Waals surface area contributed by atoms with Crippen LogP contribution in [0.2, 0.25) is 0 Å². The number of hydrogen-bond acceptors (Lipinski definition) is 4. The lowest BCUT2D eigenvalue weighted by Gasteiger charge is -2.25. The van der Waals surface area contributed by atoms with E-state index in [0.29, 0.717) is 0 Å². The second-order valence-electron chi connectivity index (χ2n) is 4.39. The van der Waals surface area contributed by atoms with Crippen LogP contribution in [-0.4, -0.2) is 85.8 Å². The molecule has 18 heavy (non-hydrogen) atoms. The van der Waals surface area contributed by atoms with Crippen molar-refractivity contribution in [3.8, 4) is 0 Å². The molecule has 0 bridgehead atoms. The smallest absolute Gasteiger partial charge is 0.325 e. The van der Waals surface area contributed by atoms with E-state index in [1.807, 2.05) is 0 Å². The summed E-state index contributed by atoms with van der Waals surface area (Å²) < 4.78 is 10.0. The van der Waals surface area contributed by atoms with Crippen LogP contribution in [-0.2, 0) is 9.47 Å². The van der Waals surface area contributed by atoms with E-state index in [2.05, 4.69) is 0 Å². The molecule has 2 aliphatic rings. The topological polar surface area (TPSA) is 65.6 Å². The summed E-state index contributed by atoms with van der Waals surface area (Å²) >= 11 is 0. The van der Waals surface area contributed by atoms with Crippen LogP contribution in [0.1, 0.15) is 0 Å². The Balaban J connectivity index is 2.30. The Labute approximate surface area is 106 Å². The first-order valence-corrected chi connectivity index (χ1v) is 5.59. The lowest BCUT2D eigenvalue weighted by molar-refractivity contribution is 0.0282. The number of hydrogen-bond donors (Lipinski definition) is 0. The molecular weight excluding hydrogens is 240 g/mol. The predicted octanol–water partition coefficient (Wildman–Crippen LogP) is -0.419. The fraction of sp³-hybridized carbons (Fsp3) is 0.800. The first kappa shape index (κ1) is 12.9. The highest BCUT2D eigenvalue weighted by molar-refractivity contribution is 5.84. The monoisotopic (exact) mass is 258 g/mol. The SMILES string of the molecule is COCN1C(=O)N(C)C2C1N(C)C(=O)N2COC. The van der Waals surface area contributed by atoms with Gasteiger partial charge in [0.2, 0.25) is 0 Å². The van der Waals surface area contributed by atoms with Crippen LogP contribution in [0.15, 0.2) is 0 Å². The van der Waals surface area contributed by atoms with Gasteiger partial charge < -0.3 is 19.3 Å². The van der Waals surface area contributed by atoms with Gasteiger partial charge in [-0.3, -0.25) is 9.80 Å². The zero-order chi connectivity index (χ0) is 13.4. The number of nitrogens with zero attached hydrogens (tertiary/aromatic N) is 4. The van der Waals surface area contributed by atoms with Crippen molar-refractivity contribution < 1.29 is 19.1 Å². The van der Waals surface area contributed by atoms with E-state index in [4.69, 9.17) is 9.47 Å². The molecule has 2 unspecified atom stereocenters. The third-order valence-corrected chi connectivity index (χ3v) is 3.33. The number of rotatable bonds is 4. The lowest BCUT2D eigenvalue weighted by atomic mass is 10.3. The first-order valence-electron chi connectivity index (χ1n) is 5.59. The molecule has 2 fully saturated rings. The van der Waals surface area contributed by atoms with Gasteiger partial charge in [0.05, 0.1) is 0 Å². The molecule has 0 radical (unpaired) electrons. The second-order valence-corrected chi connectivity index (χ2v) is 4.39. The van der Waals surface area contributed by atoms with E-state index in [1.165, 1.54) is 33.8 Å². The van der Waals surface area contributed by atoms with Crippen molar-refractivity contribution in [2.24, 2.45) is 0 Å². The fourth-order valence-electron chi connectivity index (χ4n) is 2.54. The number of carbonyl (C=O) groups is 2. The molecule has 102 valence electrons. The summed E-state index contributed by atoms with van der Waals surface area (Å²) in [6, 6.07) is -0.320. The van der Waals surface area contributed by atoms with Crippen LogP contribution >= 0.6 is 0 Å². The van der Waals surface area contributed by atoms with Crippen LogP contribution in [0.5, 0.6) is 0 Å². The minimum absolute atomic E-state index is 0.156. The molecule has 0 aliphatic carbocycles. The molecule has 2 heterocycles. The molecule has 2 saturated heterocycles. The summed E-state index contributed by atoms with van der Waals surface area (Å²) in [5, 5.41) is 0. The highest BCUT2D eigenvalue weighted by Gasteiger charge is 2.56. The molecule has 2 aliphatic heterocycles. The van der Waals surface area contributed by atoms with E-state index in [0.717, 1.165) is 0 Å². The number of methoxy groups -OCH3 is 2. The Bertz CT molecular complexity index is 330. The van der Waals surface area contributed by atoms with E-state index in [9.17, 15) is 9.59 Å². The minimum atomic E-state index is -0.343. The second kappa shape index (κ2) is 4.62. The van der Waals surface area contributed by atoms with Gasteiger partial charge >= 0.3 is 12.1 Å². The lowest BCUT2D eigenvalue weighted by Crippen LogP contribution is -2.45. The Hall–Kier alpha value is -1.54. The van der Waals surface area contributed by atoms with Crippen LogP contribution in [0.3, 0.4) is 0 Å². The average Bonchev–Trinajstić information content (AvgIpc) is 2.73. The van der Waals surface area contributed by atoms with E-state index in [1.54, 1.807) is 14.1 Å². The quantitative estimate of drug-likeness (QED) is 0.687. The van der Waals surface area contributed by atoms with Crippen molar-refractivity contribution in [3.05, 3.63) is 0 Å². The van der Waals surface area contributed by atoms with Gasteiger partial charge in [0.15, 0.2) is 12.3 Å². The van der Waals surface area contributed by atoms with Crippen molar-refractivity contribution in [2.45, 2.75) is 12.3 Å². The third-order valence-electron chi connectivity index (χ3n) is 3.33. The molecule has 0 N–H and O–H groups in total.